The van der Waals surface area contributed by atoms with Crippen molar-refractivity contribution in [3.05, 3.63) is 31.7 Å². The zero-order valence-electron chi connectivity index (χ0n) is 14.7. The average Bonchev–Trinajstić information content (AvgIpc) is 3.04. The van der Waals surface area contributed by atoms with E-state index in [4.69, 9.17) is 4.98 Å². The van der Waals surface area contributed by atoms with Crippen LogP contribution >= 0.6 is 22.7 Å². The first kappa shape index (κ1) is 17.6. The maximum Gasteiger partial charge on any atom is 0.0982 e. The van der Waals surface area contributed by atoms with E-state index < -0.39 is 0 Å². The molecule has 0 radical (unpaired) electrons. The fraction of sp³-hybridized carbons (Fsp3) is 0.647. The van der Waals surface area contributed by atoms with Crippen LogP contribution in [0.25, 0.3) is 0 Å². The maximum absolute atomic E-state index is 4.81. The SMILES string of the molecule is CCc1nc(C)c([C@@H](C)N(C)Cc2csc(C(C)(C)C)n2)s1. The highest BCUT2D eigenvalue weighted by molar-refractivity contribution is 7.11. The third-order valence-corrected chi connectivity index (χ3v) is 6.61. The number of rotatable bonds is 5. The summed E-state index contributed by atoms with van der Waals surface area (Å²) >= 11 is 3.61. The van der Waals surface area contributed by atoms with Gasteiger partial charge in [-0.25, -0.2) is 9.97 Å². The minimum Gasteiger partial charge on any atom is -0.293 e. The van der Waals surface area contributed by atoms with Gasteiger partial charge in [0.1, 0.15) is 0 Å². The molecule has 2 aromatic rings. The van der Waals surface area contributed by atoms with Crippen molar-refractivity contribution in [1.82, 2.24) is 14.9 Å². The van der Waals surface area contributed by atoms with E-state index in [1.807, 2.05) is 11.3 Å². The quantitative estimate of drug-likeness (QED) is 0.772. The maximum atomic E-state index is 4.81. The minimum atomic E-state index is 0.136. The zero-order valence-corrected chi connectivity index (χ0v) is 16.4. The van der Waals surface area contributed by atoms with Crippen molar-refractivity contribution >= 4 is 22.7 Å². The van der Waals surface area contributed by atoms with Gasteiger partial charge in [-0.15, -0.1) is 22.7 Å². The Balaban J connectivity index is 2.09. The molecule has 0 aromatic carbocycles. The van der Waals surface area contributed by atoms with Crippen LogP contribution in [0.1, 0.15) is 66.9 Å². The standard InChI is InChI=1S/C17H27N3S2/c1-8-14-18-11(2)15(22-14)12(3)20(7)9-13-10-21-16(19-13)17(4,5)6/h10,12H,8-9H2,1-7H3/t12-/m1/s1. The molecule has 0 saturated heterocycles. The molecule has 0 spiro atoms. The molecular weight excluding hydrogens is 310 g/mol. The lowest BCUT2D eigenvalue weighted by Gasteiger charge is -2.23. The molecule has 0 amide bonds. The smallest absolute Gasteiger partial charge is 0.0982 e. The lowest BCUT2D eigenvalue weighted by molar-refractivity contribution is 0.252. The van der Waals surface area contributed by atoms with Crippen molar-refractivity contribution in [2.24, 2.45) is 0 Å². The van der Waals surface area contributed by atoms with E-state index >= 15 is 0 Å². The first-order valence-electron chi connectivity index (χ1n) is 7.83. The van der Waals surface area contributed by atoms with E-state index in [1.54, 1.807) is 11.3 Å². The summed E-state index contributed by atoms with van der Waals surface area (Å²) in [4.78, 5) is 13.2. The third kappa shape index (κ3) is 3.94. The summed E-state index contributed by atoms with van der Waals surface area (Å²) in [6.07, 6.45) is 1.02. The van der Waals surface area contributed by atoms with Crippen molar-refractivity contribution in [1.29, 1.82) is 0 Å². The van der Waals surface area contributed by atoms with Gasteiger partial charge in [-0.2, -0.15) is 0 Å². The van der Waals surface area contributed by atoms with Gasteiger partial charge in [-0.05, 0) is 27.3 Å². The normalized spacial score (nSPS) is 13.8. The van der Waals surface area contributed by atoms with Crippen LogP contribution in [0.5, 0.6) is 0 Å². The van der Waals surface area contributed by atoms with Crippen LogP contribution in [0.15, 0.2) is 5.38 Å². The molecule has 5 heteroatoms. The fourth-order valence-corrected chi connectivity index (χ4v) is 4.34. The summed E-state index contributed by atoms with van der Waals surface area (Å²) in [7, 11) is 2.17. The van der Waals surface area contributed by atoms with Crippen LogP contribution in [0, 0.1) is 6.92 Å². The molecule has 2 aromatic heterocycles. The molecule has 3 nitrogen and oxygen atoms in total. The highest BCUT2D eigenvalue weighted by Crippen LogP contribution is 2.31. The Morgan fingerprint density at radius 1 is 1.27 bits per heavy atom. The van der Waals surface area contributed by atoms with Crippen molar-refractivity contribution in [2.45, 2.75) is 66.0 Å². The van der Waals surface area contributed by atoms with Crippen molar-refractivity contribution in [2.75, 3.05) is 7.05 Å². The Hall–Kier alpha value is -0.780. The Kier molecular flexibility index (Phi) is 5.41. The Morgan fingerprint density at radius 2 is 1.95 bits per heavy atom. The van der Waals surface area contributed by atoms with E-state index in [2.05, 4.69) is 63.9 Å². The van der Waals surface area contributed by atoms with Crippen LogP contribution in [0.4, 0.5) is 0 Å². The topological polar surface area (TPSA) is 29.0 Å². The Bertz CT molecular complexity index is 622. The number of hydrogen-bond donors (Lipinski definition) is 0. The van der Waals surface area contributed by atoms with Crippen molar-refractivity contribution in [3.8, 4) is 0 Å². The molecular formula is C17H27N3S2. The lowest BCUT2D eigenvalue weighted by atomic mass is 9.98. The van der Waals surface area contributed by atoms with Gasteiger partial charge in [0.15, 0.2) is 0 Å². The first-order chi connectivity index (χ1) is 10.2. The molecule has 2 rings (SSSR count). The van der Waals surface area contributed by atoms with Crippen molar-refractivity contribution in [3.63, 3.8) is 0 Å². The summed E-state index contributed by atoms with van der Waals surface area (Å²) in [5, 5.41) is 4.64. The van der Waals surface area contributed by atoms with Gasteiger partial charge in [0.2, 0.25) is 0 Å². The second-order valence-electron chi connectivity index (χ2n) is 6.90. The number of aryl methyl sites for hydroxylation is 2. The van der Waals surface area contributed by atoms with E-state index in [1.165, 1.54) is 26.3 Å². The predicted molar refractivity (Wildman–Crippen MR) is 96.9 cm³/mol. The molecule has 22 heavy (non-hydrogen) atoms. The number of nitrogens with zero attached hydrogens (tertiary/aromatic N) is 3. The molecule has 0 aliphatic rings. The average molecular weight is 338 g/mol. The first-order valence-corrected chi connectivity index (χ1v) is 9.53. The predicted octanol–water partition coefficient (Wildman–Crippen LogP) is 4.96. The molecule has 122 valence electrons. The Labute approximate surface area is 142 Å². The number of hydrogen-bond acceptors (Lipinski definition) is 5. The molecule has 0 aliphatic carbocycles. The molecule has 0 unspecified atom stereocenters. The molecule has 2 heterocycles. The van der Waals surface area contributed by atoms with Crippen molar-refractivity contribution < 1.29 is 0 Å². The van der Waals surface area contributed by atoms with E-state index in [9.17, 15) is 0 Å². The van der Waals surface area contributed by atoms with E-state index in [-0.39, 0.29) is 5.41 Å². The number of aromatic nitrogens is 2. The van der Waals surface area contributed by atoms with E-state index in [0.29, 0.717) is 6.04 Å². The second kappa shape index (κ2) is 6.77. The summed E-state index contributed by atoms with van der Waals surface area (Å²) in [5.41, 5.74) is 2.48. The third-order valence-electron chi connectivity index (χ3n) is 3.82. The molecule has 0 saturated carbocycles. The molecule has 1 atom stereocenters. The van der Waals surface area contributed by atoms with Crippen LogP contribution in [0.2, 0.25) is 0 Å². The summed E-state index contributed by atoms with van der Waals surface area (Å²) < 4.78 is 0. The van der Waals surface area contributed by atoms with Crippen LogP contribution < -0.4 is 0 Å². The van der Waals surface area contributed by atoms with Gasteiger partial charge in [-0.3, -0.25) is 4.90 Å². The van der Waals surface area contributed by atoms with Crippen LogP contribution in [0.3, 0.4) is 0 Å². The highest BCUT2D eigenvalue weighted by atomic mass is 32.1. The van der Waals surface area contributed by atoms with Gasteiger partial charge in [0.05, 0.1) is 21.4 Å². The van der Waals surface area contributed by atoms with E-state index in [0.717, 1.165) is 13.0 Å². The van der Waals surface area contributed by atoms with Crippen LogP contribution in [-0.4, -0.2) is 21.9 Å². The van der Waals surface area contributed by atoms with Gasteiger partial charge in [-0.1, -0.05) is 27.7 Å². The second-order valence-corrected chi connectivity index (χ2v) is 8.87. The molecule has 0 N–H and O–H groups in total. The number of thiazole rings is 2. The fourth-order valence-electron chi connectivity index (χ4n) is 2.32. The van der Waals surface area contributed by atoms with Crippen LogP contribution in [-0.2, 0) is 18.4 Å². The van der Waals surface area contributed by atoms with Gasteiger partial charge in [0, 0.05) is 28.3 Å². The largest absolute Gasteiger partial charge is 0.293 e. The molecule has 0 aliphatic heterocycles. The minimum absolute atomic E-state index is 0.136. The van der Waals surface area contributed by atoms with Gasteiger partial charge >= 0.3 is 0 Å². The van der Waals surface area contributed by atoms with Gasteiger partial charge < -0.3 is 0 Å². The summed E-state index contributed by atoms with van der Waals surface area (Å²) in [6.45, 7) is 14.1. The zero-order chi connectivity index (χ0) is 16.5. The summed E-state index contributed by atoms with van der Waals surface area (Å²) in [5.74, 6) is 0. The molecule has 0 fully saturated rings. The lowest BCUT2D eigenvalue weighted by Crippen LogP contribution is -2.22. The Morgan fingerprint density at radius 3 is 2.45 bits per heavy atom. The molecule has 0 bridgehead atoms. The monoisotopic (exact) mass is 337 g/mol. The highest BCUT2D eigenvalue weighted by Gasteiger charge is 2.21. The van der Waals surface area contributed by atoms with Gasteiger partial charge in [0.25, 0.3) is 0 Å². The summed E-state index contributed by atoms with van der Waals surface area (Å²) in [6, 6.07) is 0.373.